The topological polar surface area (TPSA) is 75.7 Å². The van der Waals surface area contributed by atoms with Crippen molar-refractivity contribution >= 4 is 21.6 Å². The fourth-order valence-electron chi connectivity index (χ4n) is 3.43. The van der Waals surface area contributed by atoms with Gasteiger partial charge in [-0.15, -0.1) is 0 Å². The highest BCUT2D eigenvalue weighted by Gasteiger charge is 2.28. The van der Waals surface area contributed by atoms with Crippen molar-refractivity contribution in [1.82, 2.24) is 5.32 Å². The number of carbonyl (C=O) groups excluding carboxylic acids is 1. The van der Waals surface area contributed by atoms with Crippen molar-refractivity contribution in [1.29, 1.82) is 0 Å². The molecule has 6 nitrogen and oxygen atoms in total. The number of carbonyl (C=O) groups is 1. The molecule has 0 heterocycles. The number of ether oxygens (including phenoxy) is 1. The molecule has 0 saturated carbocycles. The Kier molecular flexibility index (Phi) is 7.20. The summed E-state index contributed by atoms with van der Waals surface area (Å²) in [6, 6.07) is 20.5. The lowest BCUT2D eigenvalue weighted by Gasteiger charge is -2.26. The first-order valence-corrected chi connectivity index (χ1v) is 11.8. The molecule has 0 aliphatic carbocycles. The number of nitrogens with zero attached hydrogens (tertiary/aromatic N) is 1. The molecule has 1 atom stereocenters. The maximum atomic E-state index is 13.4. The third-order valence-electron chi connectivity index (χ3n) is 5.38. The third-order valence-corrected chi connectivity index (χ3v) is 7.17. The summed E-state index contributed by atoms with van der Waals surface area (Å²) in [6.07, 6.45) is 0. The fraction of sp³-hybridized carbons (Fsp3) is 0.240. The largest absolute Gasteiger partial charge is 0.496 e. The van der Waals surface area contributed by atoms with Crippen molar-refractivity contribution in [3.05, 3.63) is 89.5 Å². The monoisotopic (exact) mass is 452 g/mol. The molecule has 0 bridgehead atoms. The second kappa shape index (κ2) is 9.87. The van der Waals surface area contributed by atoms with Crippen molar-refractivity contribution in [3.8, 4) is 5.75 Å². The predicted molar refractivity (Wildman–Crippen MR) is 126 cm³/mol. The fourth-order valence-corrected chi connectivity index (χ4v) is 4.87. The van der Waals surface area contributed by atoms with Crippen molar-refractivity contribution in [2.45, 2.75) is 31.7 Å². The molecular weight excluding hydrogens is 424 g/mol. The molecule has 0 radical (unpaired) electrons. The number of benzene rings is 3. The van der Waals surface area contributed by atoms with Crippen molar-refractivity contribution in [3.63, 3.8) is 0 Å². The molecule has 32 heavy (non-hydrogen) atoms. The standard InChI is InChI=1S/C25H28N2O4S/c1-18-14-15-21(16-19(18)2)27(32(29,30)22-10-6-5-7-11-22)17-25(28)26-20(3)23-12-8-9-13-24(23)31-4/h5-16,20H,17H2,1-4H3,(H,26,28)/t20-/m1/s1. The Morgan fingerprint density at radius 1 is 0.969 bits per heavy atom. The summed E-state index contributed by atoms with van der Waals surface area (Å²) in [7, 11) is -2.37. The van der Waals surface area contributed by atoms with E-state index in [-0.39, 0.29) is 17.5 Å². The summed E-state index contributed by atoms with van der Waals surface area (Å²) < 4.78 is 33.4. The van der Waals surface area contributed by atoms with Gasteiger partial charge in [-0.1, -0.05) is 42.5 Å². The van der Waals surface area contributed by atoms with Gasteiger partial charge in [0.2, 0.25) is 5.91 Å². The molecule has 3 aromatic carbocycles. The van der Waals surface area contributed by atoms with E-state index in [2.05, 4.69) is 5.32 Å². The number of para-hydroxylation sites is 1. The van der Waals surface area contributed by atoms with Gasteiger partial charge in [0.15, 0.2) is 0 Å². The molecule has 0 aromatic heterocycles. The number of hydrogen-bond acceptors (Lipinski definition) is 4. The number of aryl methyl sites for hydroxylation is 2. The molecule has 0 aliphatic heterocycles. The van der Waals surface area contributed by atoms with Crippen LogP contribution in [0.25, 0.3) is 0 Å². The number of amides is 1. The Bertz CT molecular complexity index is 1190. The molecule has 7 heteroatoms. The van der Waals surface area contributed by atoms with Gasteiger partial charge in [-0.2, -0.15) is 0 Å². The van der Waals surface area contributed by atoms with Gasteiger partial charge >= 0.3 is 0 Å². The minimum atomic E-state index is -3.94. The van der Waals surface area contributed by atoms with Gasteiger partial charge in [-0.25, -0.2) is 8.42 Å². The van der Waals surface area contributed by atoms with E-state index in [1.54, 1.807) is 37.4 Å². The highest BCUT2D eigenvalue weighted by molar-refractivity contribution is 7.92. The number of rotatable bonds is 8. The van der Waals surface area contributed by atoms with Crippen LogP contribution in [0.5, 0.6) is 5.75 Å². The Hall–Kier alpha value is -3.32. The van der Waals surface area contributed by atoms with Gasteiger partial charge in [0, 0.05) is 5.56 Å². The molecular formula is C25H28N2O4S. The molecule has 1 N–H and O–H groups in total. The zero-order valence-electron chi connectivity index (χ0n) is 18.7. The number of methoxy groups -OCH3 is 1. The van der Waals surface area contributed by atoms with E-state index in [4.69, 9.17) is 4.74 Å². The van der Waals surface area contributed by atoms with E-state index in [1.807, 2.05) is 51.1 Å². The van der Waals surface area contributed by atoms with Gasteiger partial charge in [0.05, 0.1) is 23.7 Å². The maximum absolute atomic E-state index is 13.4. The molecule has 0 saturated heterocycles. The molecule has 3 rings (SSSR count). The zero-order valence-corrected chi connectivity index (χ0v) is 19.5. The summed E-state index contributed by atoms with van der Waals surface area (Å²) in [5, 5.41) is 2.90. The quantitative estimate of drug-likeness (QED) is 0.550. The number of anilines is 1. The van der Waals surface area contributed by atoms with Gasteiger partial charge in [-0.3, -0.25) is 9.10 Å². The summed E-state index contributed by atoms with van der Waals surface area (Å²) in [4.78, 5) is 13.1. The lowest BCUT2D eigenvalue weighted by Crippen LogP contribution is -2.41. The van der Waals surface area contributed by atoms with Crippen LogP contribution >= 0.6 is 0 Å². The van der Waals surface area contributed by atoms with Crippen LogP contribution in [-0.4, -0.2) is 28.0 Å². The molecule has 168 valence electrons. The Labute approximate surface area is 189 Å². The lowest BCUT2D eigenvalue weighted by molar-refractivity contribution is -0.120. The van der Waals surface area contributed by atoms with E-state index in [9.17, 15) is 13.2 Å². The first-order valence-electron chi connectivity index (χ1n) is 10.3. The van der Waals surface area contributed by atoms with E-state index < -0.39 is 15.9 Å². The zero-order chi connectivity index (χ0) is 23.3. The van der Waals surface area contributed by atoms with E-state index in [0.29, 0.717) is 11.4 Å². The van der Waals surface area contributed by atoms with Crippen LogP contribution in [0.4, 0.5) is 5.69 Å². The first kappa shape index (κ1) is 23.3. The third kappa shape index (κ3) is 5.11. The minimum Gasteiger partial charge on any atom is -0.496 e. The predicted octanol–water partition coefficient (Wildman–Crippen LogP) is 4.38. The SMILES string of the molecule is COc1ccccc1[C@@H](C)NC(=O)CN(c1ccc(C)c(C)c1)S(=O)(=O)c1ccccc1. The second-order valence-electron chi connectivity index (χ2n) is 7.62. The van der Waals surface area contributed by atoms with Gasteiger partial charge in [0.25, 0.3) is 10.0 Å². The first-order chi connectivity index (χ1) is 15.2. The Balaban J connectivity index is 1.92. The van der Waals surface area contributed by atoms with Crippen LogP contribution in [0.1, 0.15) is 29.7 Å². The van der Waals surface area contributed by atoms with Crippen LogP contribution < -0.4 is 14.4 Å². The van der Waals surface area contributed by atoms with Crippen LogP contribution in [0, 0.1) is 13.8 Å². The van der Waals surface area contributed by atoms with Crippen LogP contribution in [0.3, 0.4) is 0 Å². The highest BCUT2D eigenvalue weighted by Crippen LogP contribution is 2.27. The summed E-state index contributed by atoms with van der Waals surface area (Å²) >= 11 is 0. The van der Waals surface area contributed by atoms with Gasteiger partial charge in [0.1, 0.15) is 12.3 Å². The highest BCUT2D eigenvalue weighted by atomic mass is 32.2. The second-order valence-corrected chi connectivity index (χ2v) is 9.49. The lowest BCUT2D eigenvalue weighted by atomic mass is 10.1. The van der Waals surface area contributed by atoms with Crippen molar-refractivity contribution in [2.75, 3.05) is 18.0 Å². The number of hydrogen-bond donors (Lipinski definition) is 1. The summed E-state index contributed by atoms with van der Waals surface area (Å²) in [6.45, 7) is 5.35. The summed E-state index contributed by atoms with van der Waals surface area (Å²) in [5.41, 5.74) is 3.24. The molecule has 0 fully saturated rings. The molecule has 1 amide bonds. The summed E-state index contributed by atoms with van der Waals surface area (Å²) in [5.74, 6) is 0.240. The van der Waals surface area contributed by atoms with Gasteiger partial charge < -0.3 is 10.1 Å². The Morgan fingerprint density at radius 2 is 1.62 bits per heavy atom. The van der Waals surface area contributed by atoms with E-state index >= 15 is 0 Å². The Morgan fingerprint density at radius 3 is 2.28 bits per heavy atom. The van der Waals surface area contributed by atoms with Crippen LogP contribution in [0.15, 0.2) is 77.7 Å². The van der Waals surface area contributed by atoms with E-state index in [1.165, 1.54) is 12.1 Å². The van der Waals surface area contributed by atoms with Crippen molar-refractivity contribution in [2.24, 2.45) is 0 Å². The number of sulfonamides is 1. The van der Waals surface area contributed by atoms with Crippen LogP contribution in [-0.2, 0) is 14.8 Å². The average molecular weight is 453 g/mol. The molecule has 3 aromatic rings. The molecule has 0 aliphatic rings. The number of nitrogens with one attached hydrogen (secondary N) is 1. The van der Waals surface area contributed by atoms with Crippen LogP contribution in [0.2, 0.25) is 0 Å². The maximum Gasteiger partial charge on any atom is 0.264 e. The van der Waals surface area contributed by atoms with E-state index in [0.717, 1.165) is 21.0 Å². The smallest absolute Gasteiger partial charge is 0.264 e. The molecule has 0 spiro atoms. The minimum absolute atomic E-state index is 0.129. The van der Waals surface area contributed by atoms with Crippen molar-refractivity contribution < 1.29 is 17.9 Å². The van der Waals surface area contributed by atoms with Gasteiger partial charge in [-0.05, 0) is 62.2 Å². The molecule has 0 unspecified atom stereocenters. The average Bonchev–Trinajstić information content (AvgIpc) is 2.79. The normalized spacial score (nSPS) is 12.1.